The molecular weight excluding hydrogens is 332 g/mol. The maximum Gasteiger partial charge on any atom is 0.240 e. The van der Waals surface area contributed by atoms with E-state index in [0.717, 1.165) is 16.9 Å². The van der Waals surface area contributed by atoms with Crippen molar-refractivity contribution < 1.29 is 4.79 Å². The number of anilines is 1. The lowest BCUT2D eigenvalue weighted by Crippen LogP contribution is -2.33. The lowest BCUT2D eigenvalue weighted by molar-refractivity contribution is -0.117. The minimum atomic E-state index is -0.307. The fraction of sp³-hybridized carbons (Fsp3) is 0.158. The Labute approximate surface area is 151 Å². The molecule has 0 bridgehead atoms. The van der Waals surface area contributed by atoms with Crippen LogP contribution in [0.1, 0.15) is 6.92 Å². The summed E-state index contributed by atoms with van der Waals surface area (Å²) in [5, 5.41) is 0.305. The van der Waals surface area contributed by atoms with Crippen molar-refractivity contribution in [2.75, 3.05) is 17.8 Å². The van der Waals surface area contributed by atoms with E-state index in [1.807, 2.05) is 67.6 Å². The Morgan fingerprint density at radius 3 is 2.36 bits per heavy atom. The average molecular weight is 352 g/mol. The van der Waals surface area contributed by atoms with Crippen molar-refractivity contribution in [3.05, 3.63) is 66.9 Å². The van der Waals surface area contributed by atoms with Gasteiger partial charge in [0.15, 0.2) is 5.16 Å². The molecule has 3 rings (SSSR count). The van der Waals surface area contributed by atoms with Crippen LogP contribution in [0.25, 0.3) is 11.3 Å². The number of hydrogen-bond acceptors (Lipinski definition) is 4. The fourth-order valence-corrected chi connectivity index (χ4v) is 3.37. The normalized spacial score (nSPS) is 11.9. The lowest BCUT2D eigenvalue weighted by Gasteiger charge is -2.20. The summed E-state index contributed by atoms with van der Waals surface area (Å²) in [7, 11) is 1.78. The van der Waals surface area contributed by atoms with E-state index in [-0.39, 0.29) is 11.2 Å². The number of imidazole rings is 1. The molecule has 2 N–H and O–H groups in total. The number of nitrogens with two attached hydrogens (primary N) is 1. The van der Waals surface area contributed by atoms with E-state index in [0.29, 0.717) is 5.16 Å². The highest BCUT2D eigenvalue weighted by molar-refractivity contribution is 8.00. The van der Waals surface area contributed by atoms with Crippen LogP contribution in [0.15, 0.2) is 72.0 Å². The van der Waals surface area contributed by atoms with Crippen molar-refractivity contribution >= 4 is 23.4 Å². The second-order valence-electron chi connectivity index (χ2n) is 5.67. The molecule has 1 amide bonds. The van der Waals surface area contributed by atoms with Gasteiger partial charge < -0.3 is 10.7 Å². The number of hydrogen-bond donors (Lipinski definition) is 1. The van der Waals surface area contributed by atoms with Crippen LogP contribution in [0, 0.1) is 0 Å². The summed E-state index contributed by atoms with van der Waals surface area (Å²) in [5.74, 6) is 6.02. The number of thioether (sulfide) groups is 1. The Morgan fingerprint density at radius 2 is 1.72 bits per heavy atom. The van der Waals surface area contributed by atoms with Crippen LogP contribution in [-0.4, -0.2) is 27.9 Å². The maximum absolute atomic E-state index is 12.7. The first-order valence-electron chi connectivity index (χ1n) is 7.95. The zero-order chi connectivity index (χ0) is 17.8. The number of para-hydroxylation sites is 1. The molecule has 0 radical (unpaired) electrons. The molecule has 0 fully saturated rings. The second-order valence-corrected chi connectivity index (χ2v) is 6.98. The molecule has 6 heteroatoms. The summed E-state index contributed by atoms with van der Waals surface area (Å²) in [5.41, 5.74) is 2.65. The minimum absolute atomic E-state index is 0.000427. The summed E-state index contributed by atoms with van der Waals surface area (Å²) < 4.78 is 1.47. The van der Waals surface area contributed by atoms with Crippen molar-refractivity contribution in [3.63, 3.8) is 0 Å². The Hall–Kier alpha value is -2.73. The standard InChI is InChI=1S/C19H20N4OS/c1-14(18(24)22(2)16-11-7-4-8-12-16)25-19-21-17(13-23(19)20)15-9-5-3-6-10-15/h3-14H,20H2,1-2H3. The van der Waals surface area contributed by atoms with Gasteiger partial charge in [-0.1, -0.05) is 60.3 Å². The van der Waals surface area contributed by atoms with Gasteiger partial charge in [-0.2, -0.15) is 0 Å². The molecule has 0 aliphatic carbocycles. The molecule has 0 saturated carbocycles. The van der Waals surface area contributed by atoms with Crippen molar-refractivity contribution in [2.24, 2.45) is 0 Å². The predicted octanol–water partition coefficient (Wildman–Crippen LogP) is 3.41. The van der Waals surface area contributed by atoms with Crippen LogP contribution < -0.4 is 10.7 Å². The maximum atomic E-state index is 12.7. The van der Waals surface area contributed by atoms with Gasteiger partial charge in [0.1, 0.15) is 0 Å². The van der Waals surface area contributed by atoms with E-state index >= 15 is 0 Å². The topological polar surface area (TPSA) is 64.2 Å². The number of benzene rings is 2. The highest BCUT2D eigenvalue weighted by Gasteiger charge is 2.22. The van der Waals surface area contributed by atoms with Gasteiger partial charge in [0.05, 0.1) is 17.1 Å². The minimum Gasteiger partial charge on any atom is -0.337 e. The smallest absolute Gasteiger partial charge is 0.240 e. The van der Waals surface area contributed by atoms with Crippen LogP contribution >= 0.6 is 11.8 Å². The molecule has 3 aromatic rings. The molecule has 0 spiro atoms. The quantitative estimate of drug-likeness (QED) is 0.564. The van der Waals surface area contributed by atoms with Crippen molar-refractivity contribution in [2.45, 2.75) is 17.3 Å². The molecule has 2 aromatic carbocycles. The van der Waals surface area contributed by atoms with E-state index < -0.39 is 0 Å². The third-order valence-electron chi connectivity index (χ3n) is 3.87. The second kappa shape index (κ2) is 7.44. The van der Waals surface area contributed by atoms with E-state index in [1.54, 1.807) is 18.1 Å². The summed E-state index contributed by atoms with van der Waals surface area (Å²) in [6, 6.07) is 19.4. The molecule has 25 heavy (non-hydrogen) atoms. The molecular formula is C19H20N4OS. The number of carbonyl (C=O) groups excluding carboxylic acids is 1. The first kappa shape index (κ1) is 17.1. The zero-order valence-corrected chi connectivity index (χ0v) is 15.0. The fourth-order valence-electron chi connectivity index (χ4n) is 2.47. The van der Waals surface area contributed by atoms with Gasteiger partial charge in [0.2, 0.25) is 5.91 Å². The van der Waals surface area contributed by atoms with Gasteiger partial charge >= 0.3 is 0 Å². The van der Waals surface area contributed by atoms with E-state index in [9.17, 15) is 4.79 Å². The van der Waals surface area contributed by atoms with E-state index in [4.69, 9.17) is 5.84 Å². The zero-order valence-electron chi connectivity index (χ0n) is 14.2. The monoisotopic (exact) mass is 352 g/mol. The van der Waals surface area contributed by atoms with Crippen LogP contribution in [0.3, 0.4) is 0 Å². The number of amides is 1. The molecule has 5 nitrogen and oxygen atoms in total. The Kier molecular flexibility index (Phi) is 5.09. The molecule has 1 atom stereocenters. The molecule has 1 aromatic heterocycles. The Balaban J connectivity index is 1.74. The Morgan fingerprint density at radius 1 is 1.12 bits per heavy atom. The van der Waals surface area contributed by atoms with E-state index in [1.165, 1.54) is 16.4 Å². The van der Waals surface area contributed by atoms with Crippen molar-refractivity contribution in [3.8, 4) is 11.3 Å². The number of nitrogen functional groups attached to an aromatic ring is 1. The first-order chi connectivity index (χ1) is 12.1. The number of aromatic nitrogens is 2. The van der Waals surface area contributed by atoms with Crippen LogP contribution in [0.4, 0.5) is 5.69 Å². The first-order valence-corrected chi connectivity index (χ1v) is 8.83. The molecule has 1 unspecified atom stereocenters. The Bertz CT molecular complexity index is 848. The molecule has 0 aliphatic heterocycles. The van der Waals surface area contributed by atoms with Crippen LogP contribution in [-0.2, 0) is 4.79 Å². The molecule has 1 heterocycles. The van der Waals surface area contributed by atoms with Gasteiger partial charge in [-0.25, -0.2) is 9.66 Å². The van der Waals surface area contributed by atoms with Gasteiger partial charge in [0, 0.05) is 18.3 Å². The third-order valence-corrected chi connectivity index (χ3v) is 4.94. The summed E-state index contributed by atoms with van der Waals surface area (Å²) in [6.07, 6.45) is 1.77. The number of rotatable bonds is 5. The SMILES string of the molecule is CC(Sc1nc(-c2ccccc2)cn1N)C(=O)N(C)c1ccccc1. The van der Waals surface area contributed by atoms with Gasteiger partial charge in [0.25, 0.3) is 0 Å². The van der Waals surface area contributed by atoms with Crippen LogP contribution in [0.5, 0.6) is 0 Å². The highest BCUT2D eigenvalue weighted by Crippen LogP contribution is 2.27. The van der Waals surface area contributed by atoms with Crippen LogP contribution in [0.2, 0.25) is 0 Å². The van der Waals surface area contributed by atoms with Gasteiger partial charge in [-0.05, 0) is 19.1 Å². The van der Waals surface area contributed by atoms with Crippen molar-refractivity contribution in [1.29, 1.82) is 0 Å². The number of nitrogens with zero attached hydrogens (tertiary/aromatic N) is 3. The summed E-state index contributed by atoms with van der Waals surface area (Å²) in [6.45, 7) is 1.86. The average Bonchev–Trinajstić information content (AvgIpc) is 3.02. The number of carbonyl (C=O) groups is 1. The summed E-state index contributed by atoms with van der Waals surface area (Å²) >= 11 is 1.35. The van der Waals surface area contributed by atoms with Gasteiger partial charge in [-0.3, -0.25) is 4.79 Å². The highest BCUT2D eigenvalue weighted by atomic mass is 32.2. The predicted molar refractivity (Wildman–Crippen MR) is 103 cm³/mol. The molecule has 0 aliphatic rings. The lowest BCUT2D eigenvalue weighted by atomic mass is 10.2. The third kappa shape index (κ3) is 3.85. The molecule has 128 valence electrons. The summed E-state index contributed by atoms with van der Waals surface area (Å²) in [4.78, 5) is 18.9. The van der Waals surface area contributed by atoms with E-state index in [2.05, 4.69) is 4.98 Å². The van der Waals surface area contributed by atoms with Gasteiger partial charge in [-0.15, -0.1) is 0 Å². The largest absolute Gasteiger partial charge is 0.337 e. The molecule has 0 saturated heterocycles. The van der Waals surface area contributed by atoms with Crippen molar-refractivity contribution in [1.82, 2.24) is 9.66 Å².